The third kappa shape index (κ3) is 4.26. The minimum Gasteiger partial charge on any atom is -0.309 e. The molecule has 0 atom stereocenters. The van der Waals surface area contributed by atoms with Gasteiger partial charge < -0.3 is 4.90 Å². The molecule has 188 valence electrons. The number of rotatable bonds is 5. The Morgan fingerprint density at radius 3 is 2.39 bits per heavy atom. The number of allylic oxidation sites excluding steroid dienone is 1. The molecule has 0 amide bonds. The number of thiophene rings is 1. The van der Waals surface area contributed by atoms with E-state index < -0.39 is 0 Å². The Balaban J connectivity index is 1.51. The van der Waals surface area contributed by atoms with Crippen LogP contribution in [0.3, 0.4) is 0 Å². The number of fused-ring (bicyclic) bond motifs is 3. The second-order valence-corrected chi connectivity index (χ2v) is 11.5. The molecule has 0 spiro atoms. The summed E-state index contributed by atoms with van der Waals surface area (Å²) in [4.78, 5) is 3.58. The highest BCUT2D eigenvalue weighted by atomic mass is 35.5. The van der Waals surface area contributed by atoms with Gasteiger partial charge in [-0.3, -0.25) is 5.41 Å². The Labute approximate surface area is 233 Å². The molecule has 4 aromatic carbocycles. The van der Waals surface area contributed by atoms with E-state index in [1.807, 2.05) is 47.7 Å². The summed E-state index contributed by atoms with van der Waals surface area (Å²) in [5.41, 5.74) is 9.93. The maximum absolute atomic E-state index is 9.19. The van der Waals surface area contributed by atoms with E-state index in [0.29, 0.717) is 10.7 Å². The highest BCUT2D eigenvalue weighted by Crippen LogP contribution is 2.44. The maximum Gasteiger partial charge on any atom is 0.0740 e. The second kappa shape index (κ2) is 9.90. The van der Waals surface area contributed by atoms with E-state index in [1.54, 1.807) is 0 Å². The number of hydrogen-bond acceptors (Lipinski definition) is 3. The van der Waals surface area contributed by atoms with Crippen molar-refractivity contribution in [3.8, 4) is 0 Å². The van der Waals surface area contributed by atoms with Crippen molar-refractivity contribution in [2.75, 3.05) is 4.90 Å². The van der Waals surface area contributed by atoms with Gasteiger partial charge in [-0.05, 0) is 92.1 Å². The van der Waals surface area contributed by atoms with E-state index in [4.69, 9.17) is 11.6 Å². The van der Waals surface area contributed by atoms with E-state index in [-0.39, 0.29) is 0 Å². The van der Waals surface area contributed by atoms with Crippen molar-refractivity contribution >= 4 is 61.9 Å². The molecular formula is C34H29ClN2S. The number of anilines is 3. The van der Waals surface area contributed by atoms with Gasteiger partial charge in [0.05, 0.1) is 16.4 Å². The van der Waals surface area contributed by atoms with E-state index in [1.165, 1.54) is 26.1 Å². The summed E-state index contributed by atoms with van der Waals surface area (Å²) in [6.45, 7) is 6.24. The Morgan fingerprint density at radius 1 is 0.868 bits per heavy atom. The molecular weight excluding hydrogens is 504 g/mol. The monoisotopic (exact) mass is 532 g/mol. The van der Waals surface area contributed by atoms with Crippen LogP contribution >= 0.6 is 22.9 Å². The van der Waals surface area contributed by atoms with Crippen LogP contribution in [0.4, 0.5) is 17.1 Å². The van der Waals surface area contributed by atoms with Gasteiger partial charge in [-0.25, -0.2) is 0 Å². The molecule has 0 saturated heterocycles. The third-order valence-corrected chi connectivity index (χ3v) is 8.88. The molecule has 1 N–H and O–H groups in total. The number of nitrogens with zero attached hydrogens (tertiary/aromatic N) is 1. The Hall–Kier alpha value is -3.66. The molecule has 0 radical (unpaired) electrons. The third-order valence-electron chi connectivity index (χ3n) is 7.33. The van der Waals surface area contributed by atoms with Gasteiger partial charge in [-0.1, -0.05) is 71.8 Å². The lowest BCUT2D eigenvalue weighted by Crippen LogP contribution is -2.13. The van der Waals surface area contributed by atoms with Crippen molar-refractivity contribution in [3.05, 3.63) is 128 Å². The highest BCUT2D eigenvalue weighted by molar-refractivity contribution is 7.20. The Bertz CT molecular complexity index is 1710. The summed E-state index contributed by atoms with van der Waals surface area (Å²) in [6, 6.07) is 27.4. The summed E-state index contributed by atoms with van der Waals surface area (Å²) in [7, 11) is 0. The molecule has 0 bridgehead atoms. The fraction of sp³-hybridized carbons (Fsp3) is 0.147. The minimum absolute atomic E-state index is 0.452. The van der Waals surface area contributed by atoms with E-state index in [0.717, 1.165) is 52.2 Å². The number of para-hydroxylation sites is 1. The van der Waals surface area contributed by atoms with Gasteiger partial charge in [-0.2, -0.15) is 0 Å². The van der Waals surface area contributed by atoms with E-state index >= 15 is 0 Å². The molecule has 1 heterocycles. The van der Waals surface area contributed by atoms with Crippen LogP contribution in [0.2, 0.25) is 5.02 Å². The zero-order valence-electron chi connectivity index (χ0n) is 21.8. The predicted octanol–water partition coefficient (Wildman–Crippen LogP) is 10.3. The maximum atomic E-state index is 9.19. The molecule has 1 aromatic heterocycles. The van der Waals surface area contributed by atoms with Crippen LogP contribution < -0.4 is 4.90 Å². The summed E-state index contributed by atoms with van der Waals surface area (Å²) < 4.78 is 1.28. The van der Waals surface area contributed by atoms with Gasteiger partial charge in [0.1, 0.15) is 0 Å². The number of benzene rings is 4. The molecule has 6 rings (SSSR count). The first-order valence-corrected chi connectivity index (χ1v) is 14.1. The number of aryl methyl sites for hydroxylation is 4. The molecule has 0 aliphatic heterocycles. The first kappa shape index (κ1) is 24.7. The molecule has 38 heavy (non-hydrogen) atoms. The van der Waals surface area contributed by atoms with Crippen LogP contribution in [-0.4, -0.2) is 5.71 Å². The summed E-state index contributed by atoms with van der Waals surface area (Å²) in [5.74, 6) is 0. The Kier molecular flexibility index (Phi) is 6.43. The summed E-state index contributed by atoms with van der Waals surface area (Å²) >= 11 is 9.05. The molecule has 1 aliphatic rings. The molecule has 0 unspecified atom stereocenters. The zero-order chi connectivity index (χ0) is 26.4. The topological polar surface area (TPSA) is 27.1 Å². The van der Waals surface area contributed by atoms with Crippen LogP contribution in [0.5, 0.6) is 0 Å². The predicted molar refractivity (Wildman–Crippen MR) is 165 cm³/mol. The average Bonchev–Trinajstić information content (AvgIpc) is 3.28. The van der Waals surface area contributed by atoms with Crippen LogP contribution in [0.1, 0.15) is 44.7 Å². The standard InChI is InChI=1S/C34H29ClN2S/c1-21-18-22(2)32(23(3)19-21)34(36)28-13-9-14-29(33(28)35)37(24-10-5-4-6-11-24)25-16-17-27-26-12-7-8-15-30(26)38-31(27)20-25/h4-6,8-11,13-20,36H,7,12H2,1-3H3. The number of nitrogens with one attached hydrogen (secondary N) is 1. The number of halogens is 1. The lowest BCUT2D eigenvalue weighted by molar-refractivity contribution is 1.01. The SMILES string of the molecule is Cc1cc(C)c(C(=N)c2cccc(N(c3ccccc3)c3ccc4c5c(sc4c3)C=CCC5)c2Cl)c(C)c1. The fourth-order valence-corrected chi connectivity index (χ4v) is 7.23. The first-order valence-electron chi connectivity index (χ1n) is 12.9. The fourth-order valence-electron chi connectivity index (χ4n) is 5.71. The van der Waals surface area contributed by atoms with Crippen molar-refractivity contribution in [2.24, 2.45) is 0 Å². The van der Waals surface area contributed by atoms with Crippen molar-refractivity contribution in [1.82, 2.24) is 0 Å². The highest BCUT2D eigenvalue weighted by Gasteiger charge is 2.22. The largest absolute Gasteiger partial charge is 0.309 e. The van der Waals surface area contributed by atoms with Crippen molar-refractivity contribution in [2.45, 2.75) is 33.6 Å². The molecule has 0 saturated carbocycles. The van der Waals surface area contributed by atoms with Crippen LogP contribution in [-0.2, 0) is 6.42 Å². The molecule has 5 aromatic rings. The van der Waals surface area contributed by atoms with Gasteiger partial charge in [0.2, 0.25) is 0 Å². The van der Waals surface area contributed by atoms with Crippen LogP contribution in [0.15, 0.2) is 84.9 Å². The number of hydrogen-bond donors (Lipinski definition) is 1. The van der Waals surface area contributed by atoms with Gasteiger partial charge in [0.25, 0.3) is 0 Å². The van der Waals surface area contributed by atoms with Gasteiger partial charge >= 0.3 is 0 Å². The average molecular weight is 533 g/mol. The lowest BCUT2D eigenvalue weighted by atomic mass is 9.92. The summed E-state index contributed by atoms with van der Waals surface area (Å²) in [6.07, 6.45) is 6.73. The van der Waals surface area contributed by atoms with Gasteiger partial charge in [0, 0.05) is 32.1 Å². The normalized spacial score (nSPS) is 12.5. The van der Waals surface area contributed by atoms with Crippen molar-refractivity contribution in [3.63, 3.8) is 0 Å². The second-order valence-electron chi connectivity index (χ2n) is 10.0. The minimum atomic E-state index is 0.452. The van der Waals surface area contributed by atoms with Crippen molar-refractivity contribution < 1.29 is 0 Å². The van der Waals surface area contributed by atoms with E-state index in [2.05, 4.69) is 80.3 Å². The molecule has 1 aliphatic carbocycles. The lowest BCUT2D eigenvalue weighted by Gasteiger charge is -2.27. The van der Waals surface area contributed by atoms with Gasteiger partial charge in [-0.15, -0.1) is 11.3 Å². The first-order chi connectivity index (χ1) is 18.4. The molecule has 2 nitrogen and oxygen atoms in total. The van der Waals surface area contributed by atoms with E-state index in [9.17, 15) is 5.41 Å². The Morgan fingerprint density at radius 2 is 1.63 bits per heavy atom. The smallest absolute Gasteiger partial charge is 0.0740 e. The quantitative estimate of drug-likeness (QED) is 0.224. The van der Waals surface area contributed by atoms with Crippen LogP contribution in [0.25, 0.3) is 16.2 Å². The molecule has 4 heteroatoms. The van der Waals surface area contributed by atoms with Crippen LogP contribution in [0, 0.1) is 26.2 Å². The molecule has 0 fully saturated rings. The van der Waals surface area contributed by atoms with Gasteiger partial charge in [0.15, 0.2) is 0 Å². The zero-order valence-corrected chi connectivity index (χ0v) is 23.4. The van der Waals surface area contributed by atoms with Crippen molar-refractivity contribution in [1.29, 1.82) is 5.41 Å². The summed E-state index contributed by atoms with van der Waals surface area (Å²) in [5, 5.41) is 11.1.